The molecule has 0 rings (SSSR count). The molecular formula is C81H138O17P2. The fourth-order valence-electron chi connectivity index (χ4n) is 9.90. The van der Waals surface area contributed by atoms with Gasteiger partial charge in [0.2, 0.25) is 0 Å². The van der Waals surface area contributed by atoms with Gasteiger partial charge in [0.25, 0.3) is 0 Å². The summed E-state index contributed by atoms with van der Waals surface area (Å²) in [6.07, 6.45) is 79.2. The van der Waals surface area contributed by atoms with Gasteiger partial charge in [-0.25, -0.2) is 9.13 Å². The van der Waals surface area contributed by atoms with Crippen LogP contribution >= 0.6 is 15.6 Å². The molecule has 0 aliphatic carbocycles. The number of ether oxygens (including phenoxy) is 4. The van der Waals surface area contributed by atoms with Crippen LogP contribution in [0.4, 0.5) is 0 Å². The fraction of sp³-hybridized carbons (Fsp3) is 0.704. The van der Waals surface area contributed by atoms with Gasteiger partial charge in [-0.15, -0.1) is 0 Å². The second-order valence-electron chi connectivity index (χ2n) is 25.6. The van der Waals surface area contributed by atoms with E-state index in [-0.39, 0.29) is 25.7 Å². The van der Waals surface area contributed by atoms with Gasteiger partial charge < -0.3 is 33.8 Å². The van der Waals surface area contributed by atoms with Gasteiger partial charge in [-0.1, -0.05) is 252 Å². The first kappa shape index (κ1) is 95.5. The summed E-state index contributed by atoms with van der Waals surface area (Å²) in [5.41, 5.74) is 0. The summed E-state index contributed by atoms with van der Waals surface area (Å²) in [6, 6.07) is 0. The van der Waals surface area contributed by atoms with Crippen LogP contribution in [0.15, 0.2) is 122 Å². The molecule has 19 heteroatoms. The number of esters is 4. The van der Waals surface area contributed by atoms with E-state index in [0.29, 0.717) is 38.5 Å². The Hall–Kier alpha value is -4.54. The van der Waals surface area contributed by atoms with E-state index in [4.69, 9.17) is 37.0 Å². The van der Waals surface area contributed by atoms with E-state index >= 15 is 0 Å². The second kappa shape index (κ2) is 72.8. The predicted molar refractivity (Wildman–Crippen MR) is 408 cm³/mol. The highest BCUT2D eigenvalue weighted by Crippen LogP contribution is 2.45. The largest absolute Gasteiger partial charge is 0.472 e. The molecule has 0 spiro atoms. The zero-order chi connectivity index (χ0) is 73.2. The number of phosphoric acid groups is 2. The fourth-order valence-corrected chi connectivity index (χ4v) is 11.5. The Morgan fingerprint density at radius 1 is 0.280 bits per heavy atom. The van der Waals surface area contributed by atoms with E-state index in [1.165, 1.54) is 89.9 Å². The summed E-state index contributed by atoms with van der Waals surface area (Å²) in [4.78, 5) is 72.8. The number of phosphoric ester groups is 2. The molecule has 0 amide bonds. The summed E-state index contributed by atoms with van der Waals surface area (Å²) >= 11 is 0. The van der Waals surface area contributed by atoms with Gasteiger partial charge in [0.05, 0.1) is 26.4 Å². The molecule has 574 valence electrons. The minimum Gasteiger partial charge on any atom is -0.462 e. The maximum atomic E-state index is 13.1. The van der Waals surface area contributed by atoms with Crippen molar-refractivity contribution >= 4 is 39.5 Å². The maximum absolute atomic E-state index is 13.1. The van der Waals surface area contributed by atoms with Crippen LogP contribution in [-0.2, 0) is 65.4 Å². The molecule has 3 N–H and O–H groups in total. The van der Waals surface area contributed by atoms with Gasteiger partial charge in [0.1, 0.15) is 19.3 Å². The first-order valence-corrected chi connectivity index (χ1v) is 41.8. The highest BCUT2D eigenvalue weighted by Gasteiger charge is 2.30. The standard InChI is InChI=1S/C81H138O17P2/c1-5-9-13-17-21-25-29-33-35-37-39-43-46-50-54-58-62-66-79(84)92-72-76(97-80(85)67-63-59-55-51-47-42-32-28-24-20-16-12-8-4)73-95-99(87,88)93-69-75(82)70-94-100(89,90)96-74-77(71-91-78(83)65-61-57-53-49-45-41-31-27-23-19-15-11-7-3)98-81(86)68-64-60-56-52-48-44-40-38-36-34-30-26-22-18-14-10-6-2/h21-22,25-28,31-36,39-40,43-44,50,52,54,56,75-77,82H,5-20,23-24,29-30,37-38,41-42,45-49,51,53,55,57-74H2,1-4H3,(H,87,88)(H,89,90)/b25-21-,26-22-,31-27-,32-28-,35-33-,36-34-,43-39-,44-40-,54-50-,56-52-/t75-,76+,77+/m0/s1. The maximum Gasteiger partial charge on any atom is 0.472 e. The summed E-state index contributed by atoms with van der Waals surface area (Å²) in [7, 11) is -9.99. The average molecular weight is 1450 g/mol. The Bertz CT molecular complexity index is 2370. The van der Waals surface area contributed by atoms with E-state index in [0.717, 1.165) is 128 Å². The van der Waals surface area contributed by atoms with Crippen LogP contribution in [0.25, 0.3) is 0 Å². The van der Waals surface area contributed by atoms with Crippen LogP contribution in [0.2, 0.25) is 0 Å². The third kappa shape index (κ3) is 71.8. The molecule has 0 aromatic rings. The van der Waals surface area contributed by atoms with Crippen LogP contribution in [0.3, 0.4) is 0 Å². The van der Waals surface area contributed by atoms with Gasteiger partial charge in [0, 0.05) is 25.7 Å². The summed E-state index contributed by atoms with van der Waals surface area (Å²) < 4.78 is 68.4. The normalized spacial score (nSPS) is 14.6. The Balaban J connectivity index is 5.45. The molecule has 0 saturated heterocycles. The topological polar surface area (TPSA) is 237 Å². The predicted octanol–water partition coefficient (Wildman–Crippen LogP) is 22.3. The summed E-state index contributed by atoms with van der Waals surface area (Å²) in [6.45, 7) is 4.64. The Labute approximate surface area is 606 Å². The molecule has 100 heavy (non-hydrogen) atoms. The van der Waals surface area contributed by atoms with Crippen molar-refractivity contribution in [2.45, 2.75) is 329 Å². The molecule has 0 aliphatic rings. The molecule has 0 fully saturated rings. The van der Waals surface area contributed by atoms with Crippen molar-refractivity contribution in [3.8, 4) is 0 Å². The zero-order valence-corrected chi connectivity index (χ0v) is 64.4. The molecule has 0 saturated carbocycles. The molecule has 0 aliphatic heterocycles. The number of aliphatic hydroxyl groups is 1. The average Bonchev–Trinajstić information content (AvgIpc) is 1.93. The second-order valence-corrected chi connectivity index (χ2v) is 28.5. The quantitative estimate of drug-likeness (QED) is 0.0169. The molecule has 0 heterocycles. The number of allylic oxidation sites excluding steroid dienone is 20. The van der Waals surface area contributed by atoms with Crippen molar-refractivity contribution in [2.24, 2.45) is 0 Å². The highest BCUT2D eigenvalue weighted by atomic mass is 31.2. The lowest BCUT2D eigenvalue weighted by atomic mass is 10.1. The van der Waals surface area contributed by atoms with Crippen LogP contribution in [0, 0.1) is 0 Å². The Morgan fingerprint density at radius 3 is 0.830 bits per heavy atom. The lowest BCUT2D eigenvalue weighted by Crippen LogP contribution is -2.30. The zero-order valence-electron chi connectivity index (χ0n) is 62.6. The smallest absolute Gasteiger partial charge is 0.462 e. The van der Waals surface area contributed by atoms with E-state index in [1.54, 1.807) is 0 Å². The minimum absolute atomic E-state index is 0.0146. The van der Waals surface area contributed by atoms with Crippen molar-refractivity contribution in [3.05, 3.63) is 122 Å². The molecular weight excluding hydrogens is 1310 g/mol. The molecule has 0 radical (unpaired) electrons. The first-order valence-electron chi connectivity index (χ1n) is 38.8. The van der Waals surface area contributed by atoms with Crippen LogP contribution in [-0.4, -0.2) is 96.7 Å². The van der Waals surface area contributed by atoms with Crippen LogP contribution < -0.4 is 0 Å². The molecule has 17 nitrogen and oxygen atoms in total. The van der Waals surface area contributed by atoms with Gasteiger partial charge >= 0.3 is 39.5 Å². The molecule has 5 atom stereocenters. The van der Waals surface area contributed by atoms with Crippen LogP contribution in [0.1, 0.15) is 310 Å². The number of hydrogen-bond acceptors (Lipinski definition) is 15. The first-order chi connectivity index (χ1) is 48.7. The number of rotatable bonds is 72. The lowest BCUT2D eigenvalue weighted by Gasteiger charge is -2.21. The number of carbonyl (C=O) groups excluding carboxylic acids is 4. The monoisotopic (exact) mass is 1440 g/mol. The van der Waals surface area contributed by atoms with E-state index in [1.807, 2.05) is 24.3 Å². The van der Waals surface area contributed by atoms with Crippen molar-refractivity contribution in [2.75, 3.05) is 39.6 Å². The van der Waals surface area contributed by atoms with Gasteiger partial charge in [-0.3, -0.25) is 37.3 Å². The van der Waals surface area contributed by atoms with E-state index < -0.39 is 97.5 Å². The molecule has 0 aromatic carbocycles. The summed E-state index contributed by atoms with van der Waals surface area (Å²) in [5, 5.41) is 10.6. The lowest BCUT2D eigenvalue weighted by molar-refractivity contribution is -0.161. The number of aliphatic hydroxyl groups excluding tert-OH is 1. The minimum atomic E-state index is -5.00. The van der Waals surface area contributed by atoms with E-state index in [2.05, 4.69) is 125 Å². The molecule has 0 aromatic heterocycles. The van der Waals surface area contributed by atoms with Gasteiger partial charge in [-0.2, -0.15) is 0 Å². The summed E-state index contributed by atoms with van der Waals surface area (Å²) in [5.74, 6) is -2.32. The highest BCUT2D eigenvalue weighted by molar-refractivity contribution is 7.47. The number of hydrogen-bond donors (Lipinski definition) is 3. The number of carbonyl (C=O) groups is 4. The van der Waals surface area contributed by atoms with Gasteiger partial charge in [-0.05, 0) is 154 Å². The SMILES string of the molecule is CCCCC/C=C\C/C=C\C/C=C\C/C=C\CCCC(=O)OC[C@H](COP(=O)(O)OC[C@H](O)COP(=O)(O)OC[C@@H](COC(=O)CCCCCCC/C=C\CCCCCC)OC(=O)CCC/C=C\C/C=C\C/C=C\C/C=C\CCCCC)OC(=O)CCCCCCC/C=C\CCCCCC. The third-order valence-corrected chi connectivity index (χ3v) is 17.8. The van der Waals surface area contributed by atoms with Crippen molar-refractivity contribution in [3.63, 3.8) is 0 Å². The molecule has 2 unspecified atom stereocenters. The van der Waals surface area contributed by atoms with Crippen molar-refractivity contribution in [1.29, 1.82) is 0 Å². The Morgan fingerprint density at radius 2 is 0.500 bits per heavy atom. The van der Waals surface area contributed by atoms with Crippen molar-refractivity contribution < 1.29 is 80.2 Å². The molecule has 0 bridgehead atoms. The van der Waals surface area contributed by atoms with Gasteiger partial charge in [0.15, 0.2) is 12.2 Å². The van der Waals surface area contributed by atoms with E-state index in [9.17, 15) is 43.2 Å². The number of unbranched alkanes of at least 4 members (excludes halogenated alkanes) is 26. The van der Waals surface area contributed by atoms with Crippen LogP contribution in [0.5, 0.6) is 0 Å². The Kier molecular flexibility index (Phi) is 69.5. The van der Waals surface area contributed by atoms with Crippen molar-refractivity contribution in [1.82, 2.24) is 0 Å². The third-order valence-electron chi connectivity index (χ3n) is 15.9.